The normalized spacial score (nSPS) is 15.5. The van der Waals surface area contributed by atoms with E-state index in [1.165, 1.54) is 11.5 Å². The van der Waals surface area contributed by atoms with Gasteiger partial charge in [0.15, 0.2) is 0 Å². The fourth-order valence-corrected chi connectivity index (χ4v) is 3.35. The van der Waals surface area contributed by atoms with Gasteiger partial charge in [0.2, 0.25) is 5.13 Å². The first-order valence-electron chi connectivity index (χ1n) is 7.91. The maximum Gasteiger partial charge on any atom is 0.266 e. The van der Waals surface area contributed by atoms with E-state index in [2.05, 4.69) is 38.1 Å². The summed E-state index contributed by atoms with van der Waals surface area (Å²) < 4.78 is 5.81. The first-order valence-corrected chi connectivity index (χ1v) is 8.68. The third-order valence-corrected chi connectivity index (χ3v) is 4.65. The predicted octanol–water partition coefficient (Wildman–Crippen LogP) is 1.39. The Balaban J connectivity index is 1.69. The van der Waals surface area contributed by atoms with E-state index in [9.17, 15) is 4.79 Å². The molecular weight excluding hydrogens is 312 g/mol. The molecule has 0 radical (unpaired) electrons. The van der Waals surface area contributed by atoms with Gasteiger partial charge in [0.05, 0.1) is 0 Å². The van der Waals surface area contributed by atoms with Crippen LogP contribution in [0.2, 0.25) is 0 Å². The van der Waals surface area contributed by atoms with Gasteiger partial charge in [-0.3, -0.25) is 4.79 Å². The zero-order chi connectivity index (χ0) is 16.4. The van der Waals surface area contributed by atoms with Crippen molar-refractivity contribution in [3.8, 4) is 0 Å². The van der Waals surface area contributed by atoms with Crippen LogP contribution in [0.25, 0.3) is 0 Å². The Kier molecular flexibility index (Phi) is 4.61. The van der Waals surface area contributed by atoms with E-state index in [1.54, 1.807) is 10.7 Å². The number of hydrogen-bond acceptors (Lipinski definition) is 7. The smallest absolute Gasteiger partial charge is 0.266 e. The van der Waals surface area contributed by atoms with Gasteiger partial charge < -0.3 is 9.80 Å². The first kappa shape index (κ1) is 15.9. The number of rotatable bonds is 4. The van der Waals surface area contributed by atoms with Gasteiger partial charge in [-0.15, -0.1) is 0 Å². The fourth-order valence-electron chi connectivity index (χ4n) is 2.62. The van der Waals surface area contributed by atoms with Crippen molar-refractivity contribution < 1.29 is 0 Å². The zero-order valence-electron chi connectivity index (χ0n) is 13.8. The Morgan fingerprint density at radius 3 is 2.48 bits per heavy atom. The Hall–Kier alpha value is -1.96. The lowest BCUT2D eigenvalue weighted by Gasteiger charge is -2.35. The van der Waals surface area contributed by atoms with E-state index < -0.39 is 0 Å². The molecule has 8 heteroatoms. The van der Waals surface area contributed by atoms with Gasteiger partial charge >= 0.3 is 0 Å². The van der Waals surface area contributed by atoms with E-state index in [0.717, 1.165) is 43.0 Å². The molecule has 3 heterocycles. The van der Waals surface area contributed by atoms with Crippen LogP contribution in [-0.2, 0) is 6.54 Å². The second kappa shape index (κ2) is 6.66. The molecule has 1 aliphatic rings. The van der Waals surface area contributed by atoms with Crippen molar-refractivity contribution in [1.29, 1.82) is 0 Å². The highest BCUT2D eigenvalue weighted by atomic mass is 32.1. The molecule has 7 nitrogen and oxygen atoms in total. The molecular formula is C15H22N6OS. The molecule has 3 rings (SSSR count). The second-order valence-corrected chi connectivity index (χ2v) is 6.93. The summed E-state index contributed by atoms with van der Waals surface area (Å²) in [6, 6.07) is 3.44. The fraction of sp³-hybridized carbons (Fsp3) is 0.600. The van der Waals surface area contributed by atoms with Crippen LogP contribution in [-0.4, -0.2) is 45.3 Å². The Bertz CT molecular complexity index is 717. The predicted molar refractivity (Wildman–Crippen MR) is 92.4 cm³/mol. The van der Waals surface area contributed by atoms with E-state index >= 15 is 0 Å². The molecule has 0 aliphatic carbocycles. The number of anilines is 2. The molecule has 0 unspecified atom stereocenters. The molecule has 23 heavy (non-hydrogen) atoms. The number of hydrogen-bond donors (Lipinski definition) is 0. The lowest BCUT2D eigenvalue weighted by molar-refractivity contribution is 0.461. The summed E-state index contributed by atoms with van der Waals surface area (Å²) in [4.78, 5) is 20.8. The van der Waals surface area contributed by atoms with Crippen molar-refractivity contribution in [1.82, 2.24) is 19.1 Å². The van der Waals surface area contributed by atoms with Crippen molar-refractivity contribution in [2.45, 2.75) is 27.3 Å². The Labute approximate surface area is 139 Å². The summed E-state index contributed by atoms with van der Waals surface area (Å²) in [7, 11) is 0. The van der Waals surface area contributed by atoms with Crippen molar-refractivity contribution >= 4 is 22.5 Å². The monoisotopic (exact) mass is 334 g/mol. The maximum absolute atomic E-state index is 11.9. The standard InChI is InChI=1S/C15H22N6OS/c1-11(2)10-21-14(22)5-4-13(17-21)19-6-8-20(9-7-19)15-16-12(3)18-23-15/h4-5,11H,6-10H2,1-3H3. The lowest BCUT2D eigenvalue weighted by Crippen LogP contribution is -2.47. The number of nitrogens with zero attached hydrogens (tertiary/aromatic N) is 6. The molecule has 0 bridgehead atoms. The second-order valence-electron chi connectivity index (χ2n) is 6.20. The highest BCUT2D eigenvalue weighted by Crippen LogP contribution is 2.20. The number of aromatic nitrogens is 4. The molecule has 2 aromatic heterocycles. The van der Waals surface area contributed by atoms with Crippen molar-refractivity contribution in [3.63, 3.8) is 0 Å². The minimum absolute atomic E-state index is 0.0366. The summed E-state index contributed by atoms with van der Waals surface area (Å²) in [5.74, 6) is 2.10. The van der Waals surface area contributed by atoms with Gasteiger partial charge in [-0.25, -0.2) is 9.67 Å². The largest absolute Gasteiger partial charge is 0.352 e. The Morgan fingerprint density at radius 2 is 1.87 bits per heavy atom. The Morgan fingerprint density at radius 1 is 1.17 bits per heavy atom. The van der Waals surface area contributed by atoms with Crippen LogP contribution >= 0.6 is 11.5 Å². The van der Waals surface area contributed by atoms with Crippen molar-refractivity contribution in [2.24, 2.45) is 5.92 Å². The summed E-state index contributed by atoms with van der Waals surface area (Å²) in [6.07, 6.45) is 0. The van der Waals surface area contributed by atoms with Gasteiger partial charge in [-0.05, 0) is 18.9 Å². The summed E-state index contributed by atoms with van der Waals surface area (Å²) >= 11 is 1.45. The molecule has 0 atom stereocenters. The van der Waals surface area contributed by atoms with E-state index in [0.29, 0.717) is 12.5 Å². The molecule has 0 amide bonds. The van der Waals surface area contributed by atoms with Gasteiger partial charge in [0, 0.05) is 50.3 Å². The van der Waals surface area contributed by atoms with E-state index in [1.807, 2.05) is 13.0 Å². The third kappa shape index (κ3) is 3.69. The number of aryl methyl sites for hydroxylation is 1. The molecule has 1 saturated heterocycles. The lowest BCUT2D eigenvalue weighted by atomic mass is 10.2. The summed E-state index contributed by atoms with van der Waals surface area (Å²) in [5, 5.41) is 5.51. The average molecular weight is 334 g/mol. The third-order valence-electron chi connectivity index (χ3n) is 3.78. The van der Waals surface area contributed by atoms with E-state index in [-0.39, 0.29) is 5.56 Å². The highest BCUT2D eigenvalue weighted by Gasteiger charge is 2.21. The van der Waals surface area contributed by atoms with Crippen LogP contribution in [0.5, 0.6) is 0 Å². The molecule has 2 aromatic rings. The quantitative estimate of drug-likeness (QED) is 0.842. The minimum Gasteiger partial charge on any atom is -0.352 e. The number of piperazine rings is 1. The minimum atomic E-state index is -0.0366. The van der Waals surface area contributed by atoms with E-state index in [4.69, 9.17) is 0 Å². The zero-order valence-corrected chi connectivity index (χ0v) is 14.6. The molecule has 0 spiro atoms. The average Bonchev–Trinajstić information content (AvgIpc) is 2.96. The summed E-state index contributed by atoms with van der Waals surface area (Å²) in [6.45, 7) is 10.2. The molecule has 1 fully saturated rings. The summed E-state index contributed by atoms with van der Waals surface area (Å²) in [5.41, 5.74) is -0.0366. The van der Waals surface area contributed by atoms with Gasteiger partial charge in [-0.1, -0.05) is 13.8 Å². The van der Waals surface area contributed by atoms with Crippen LogP contribution in [0.3, 0.4) is 0 Å². The van der Waals surface area contributed by atoms with Gasteiger partial charge in [-0.2, -0.15) is 9.47 Å². The molecule has 1 aliphatic heterocycles. The topological polar surface area (TPSA) is 67.2 Å². The molecule has 0 saturated carbocycles. The van der Waals surface area contributed by atoms with Crippen molar-refractivity contribution in [3.05, 3.63) is 28.3 Å². The van der Waals surface area contributed by atoms with Crippen LogP contribution in [0.1, 0.15) is 19.7 Å². The van der Waals surface area contributed by atoms with Crippen LogP contribution < -0.4 is 15.4 Å². The highest BCUT2D eigenvalue weighted by molar-refractivity contribution is 7.09. The maximum atomic E-state index is 11.9. The molecule has 0 aromatic carbocycles. The molecule has 0 N–H and O–H groups in total. The molecule has 124 valence electrons. The first-order chi connectivity index (χ1) is 11.0. The van der Waals surface area contributed by atoms with Crippen LogP contribution in [0, 0.1) is 12.8 Å². The van der Waals surface area contributed by atoms with Gasteiger partial charge in [0.25, 0.3) is 5.56 Å². The SMILES string of the molecule is Cc1nsc(N2CCN(c3ccc(=O)n(CC(C)C)n3)CC2)n1. The van der Waals surface area contributed by atoms with Crippen molar-refractivity contribution in [2.75, 3.05) is 36.0 Å². The van der Waals surface area contributed by atoms with Crippen LogP contribution in [0.4, 0.5) is 10.9 Å². The van der Waals surface area contributed by atoms with Gasteiger partial charge in [0.1, 0.15) is 11.6 Å². The van der Waals surface area contributed by atoms with Crippen LogP contribution in [0.15, 0.2) is 16.9 Å².